The van der Waals surface area contributed by atoms with E-state index in [4.69, 9.17) is 25.1 Å². The number of amides is 1. The third-order valence-electron chi connectivity index (χ3n) is 4.29. The highest BCUT2D eigenvalue weighted by atomic mass is 16.7. The molecule has 1 aliphatic heterocycles. The number of nitrogen functional groups attached to an aromatic ring is 1. The van der Waals surface area contributed by atoms with Gasteiger partial charge < -0.3 is 25.1 Å². The maximum absolute atomic E-state index is 11.0. The fourth-order valence-corrected chi connectivity index (χ4v) is 2.87. The number of ether oxygens (including phenoxy) is 3. The Morgan fingerprint density at radius 1 is 1.21 bits per heavy atom. The lowest BCUT2D eigenvalue weighted by molar-refractivity contribution is -0.165. The second-order valence-corrected chi connectivity index (χ2v) is 6.50. The number of nitrogens with two attached hydrogens (primary N) is 1. The number of carboxylic acid groups (broad SMARTS) is 1. The van der Waals surface area contributed by atoms with Gasteiger partial charge >= 0.3 is 6.09 Å². The first kappa shape index (κ1) is 20.5. The Morgan fingerprint density at radius 3 is 2.76 bits per heavy atom. The number of nitrogens with one attached hydrogen (secondary N) is 1. The zero-order valence-electron chi connectivity index (χ0n) is 16.0. The molecule has 3 rings (SSSR count). The molecule has 1 atom stereocenters. The summed E-state index contributed by atoms with van der Waals surface area (Å²) in [7, 11) is 0. The Morgan fingerprint density at radius 2 is 2.03 bits per heavy atom. The van der Waals surface area contributed by atoms with Crippen LogP contribution < -0.4 is 15.8 Å². The highest BCUT2D eigenvalue weighted by molar-refractivity contribution is 5.88. The minimum absolute atomic E-state index is 0.194. The molecule has 1 unspecified atom stereocenters. The Labute approximate surface area is 169 Å². The maximum Gasteiger partial charge on any atom is 0.409 e. The molecule has 0 aromatic heterocycles. The van der Waals surface area contributed by atoms with Gasteiger partial charge in [-0.1, -0.05) is 30.0 Å². The zero-order valence-corrected chi connectivity index (χ0v) is 16.0. The summed E-state index contributed by atoms with van der Waals surface area (Å²) in [6, 6.07) is 12.7. The molecule has 2 aromatic carbocycles. The molecule has 1 aliphatic rings. The van der Waals surface area contributed by atoms with Crippen molar-refractivity contribution in [2.24, 2.45) is 0 Å². The van der Waals surface area contributed by atoms with Gasteiger partial charge in [-0.3, -0.25) is 5.32 Å². The summed E-state index contributed by atoms with van der Waals surface area (Å²) < 4.78 is 17.0. The molecule has 2 aromatic rings. The van der Waals surface area contributed by atoms with Crippen LogP contribution in [0.4, 0.5) is 16.2 Å². The average Bonchev–Trinajstić information content (AvgIpc) is 2.73. The smallest absolute Gasteiger partial charge is 0.409 e. The van der Waals surface area contributed by atoms with Crippen molar-refractivity contribution >= 4 is 17.5 Å². The van der Waals surface area contributed by atoms with Crippen molar-refractivity contribution < 1.29 is 24.1 Å². The fraction of sp³-hybridized carbons (Fsp3) is 0.318. The van der Waals surface area contributed by atoms with Crippen LogP contribution in [-0.2, 0) is 9.47 Å². The van der Waals surface area contributed by atoms with Crippen LogP contribution in [-0.4, -0.2) is 37.3 Å². The SMILES string of the molecule is Nc1cc(C#Cc2ccccc2)c(OCCOC2CCCCO2)cc1NC(=O)O. The van der Waals surface area contributed by atoms with Crippen molar-refractivity contribution in [1.29, 1.82) is 0 Å². The Hall–Kier alpha value is -3.21. The van der Waals surface area contributed by atoms with E-state index < -0.39 is 6.09 Å². The molecule has 0 aliphatic carbocycles. The van der Waals surface area contributed by atoms with Gasteiger partial charge in [-0.2, -0.15) is 0 Å². The second kappa shape index (κ2) is 10.4. The van der Waals surface area contributed by atoms with Crippen molar-refractivity contribution in [3.8, 4) is 17.6 Å². The molecule has 29 heavy (non-hydrogen) atoms. The molecular weight excluding hydrogens is 372 g/mol. The van der Waals surface area contributed by atoms with Crippen LogP contribution in [0.3, 0.4) is 0 Å². The van der Waals surface area contributed by atoms with E-state index in [-0.39, 0.29) is 24.3 Å². The standard InChI is InChI=1S/C22H24N2O5/c23-18-14-17(10-9-16-6-2-1-3-7-16)20(15-19(18)24-22(25)26)27-12-13-29-21-8-4-5-11-28-21/h1-3,6-7,14-15,21,24H,4-5,8,11-13,23H2,(H,25,26). The van der Waals surface area contributed by atoms with Crippen molar-refractivity contribution in [3.05, 3.63) is 53.6 Å². The number of hydrogen-bond donors (Lipinski definition) is 3. The van der Waals surface area contributed by atoms with Crippen LogP contribution in [0, 0.1) is 11.8 Å². The van der Waals surface area contributed by atoms with E-state index >= 15 is 0 Å². The molecule has 7 heteroatoms. The lowest BCUT2D eigenvalue weighted by Gasteiger charge is -2.22. The summed E-state index contributed by atoms with van der Waals surface area (Å²) in [6.45, 7) is 1.34. The largest absolute Gasteiger partial charge is 0.490 e. The summed E-state index contributed by atoms with van der Waals surface area (Å²) in [4.78, 5) is 11.0. The van der Waals surface area contributed by atoms with E-state index in [1.165, 1.54) is 6.07 Å². The highest BCUT2D eigenvalue weighted by Gasteiger charge is 2.14. The fourth-order valence-electron chi connectivity index (χ4n) is 2.87. The number of anilines is 2. The van der Waals surface area contributed by atoms with Gasteiger partial charge in [-0.05, 0) is 37.5 Å². The van der Waals surface area contributed by atoms with Crippen LogP contribution in [0.25, 0.3) is 0 Å². The first-order chi connectivity index (χ1) is 14.1. The molecule has 0 spiro atoms. The van der Waals surface area contributed by atoms with Crippen LogP contribution in [0.2, 0.25) is 0 Å². The van der Waals surface area contributed by atoms with Gasteiger partial charge in [0.1, 0.15) is 12.4 Å². The molecule has 0 bridgehead atoms. The zero-order chi connectivity index (χ0) is 20.5. The van der Waals surface area contributed by atoms with Crippen LogP contribution >= 0.6 is 0 Å². The molecule has 152 valence electrons. The Kier molecular flexibility index (Phi) is 7.34. The third-order valence-corrected chi connectivity index (χ3v) is 4.29. The van der Waals surface area contributed by atoms with Gasteiger partial charge in [0.15, 0.2) is 6.29 Å². The monoisotopic (exact) mass is 396 g/mol. The quantitative estimate of drug-likeness (QED) is 0.391. The summed E-state index contributed by atoms with van der Waals surface area (Å²) >= 11 is 0. The van der Waals surface area contributed by atoms with Crippen molar-refractivity contribution in [3.63, 3.8) is 0 Å². The first-order valence-electron chi connectivity index (χ1n) is 9.48. The molecule has 4 N–H and O–H groups in total. The number of benzene rings is 2. The van der Waals surface area contributed by atoms with Crippen molar-refractivity contribution in [2.45, 2.75) is 25.6 Å². The first-order valence-corrected chi connectivity index (χ1v) is 9.48. The van der Waals surface area contributed by atoms with Crippen LogP contribution in [0.5, 0.6) is 5.75 Å². The van der Waals surface area contributed by atoms with Gasteiger partial charge in [-0.25, -0.2) is 4.79 Å². The van der Waals surface area contributed by atoms with Gasteiger partial charge in [0.05, 0.1) is 23.5 Å². The minimum Gasteiger partial charge on any atom is -0.490 e. The van der Waals surface area contributed by atoms with Crippen LogP contribution in [0.15, 0.2) is 42.5 Å². The topological polar surface area (TPSA) is 103 Å². The third kappa shape index (κ3) is 6.42. The maximum atomic E-state index is 11.0. The molecular formula is C22H24N2O5. The highest BCUT2D eigenvalue weighted by Crippen LogP contribution is 2.29. The number of hydrogen-bond acceptors (Lipinski definition) is 5. The van der Waals surface area contributed by atoms with Crippen molar-refractivity contribution in [1.82, 2.24) is 0 Å². The Bertz CT molecular complexity index is 883. The van der Waals surface area contributed by atoms with Gasteiger partial charge in [0.2, 0.25) is 0 Å². The van der Waals surface area contributed by atoms with Gasteiger partial charge in [0.25, 0.3) is 0 Å². The predicted molar refractivity (Wildman–Crippen MR) is 110 cm³/mol. The second-order valence-electron chi connectivity index (χ2n) is 6.50. The summed E-state index contributed by atoms with van der Waals surface area (Å²) in [5.74, 6) is 6.53. The average molecular weight is 396 g/mol. The molecule has 1 fully saturated rings. The van der Waals surface area contributed by atoms with E-state index in [1.54, 1.807) is 6.07 Å². The summed E-state index contributed by atoms with van der Waals surface area (Å²) in [6.07, 6.45) is 1.63. The van der Waals surface area contributed by atoms with E-state index in [9.17, 15) is 4.79 Å². The van der Waals surface area contributed by atoms with Gasteiger partial charge in [0, 0.05) is 18.2 Å². The summed E-state index contributed by atoms with van der Waals surface area (Å²) in [5, 5.41) is 11.3. The molecule has 7 nitrogen and oxygen atoms in total. The molecule has 1 amide bonds. The lowest BCUT2D eigenvalue weighted by Crippen LogP contribution is -2.24. The lowest BCUT2D eigenvalue weighted by atomic mass is 10.1. The predicted octanol–water partition coefficient (Wildman–Crippen LogP) is 3.68. The summed E-state index contributed by atoms with van der Waals surface area (Å²) in [5.41, 5.74) is 7.90. The number of carbonyl (C=O) groups is 1. The molecule has 0 saturated carbocycles. The number of rotatable bonds is 6. The van der Waals surface area contributed by atoms with Crippen LogP contribution in [0.1, 0.15) is 30.4 Å². The minimum atomic E-state index is -1.21. The van der Waals surface area contributed by atoms with E-state index in [0.717, 1.165) is 24.8 Å². The molecule has 1 heterocycles. The molecule has 0 radical (unpaired) electrons. The Balaban J connectivity index is 1.72. The van der Waals surface area contributed by atoms with Crippen molar-refractivity contribution in [2.75, 3.05) is 30.9 Å². The van der Waals surface area contributed by atoms with E-state index in [2.05, 4.69) is 17.2 Å². The normalized spacial score (nSPS) is 15.8. The van der Waals surface area contributed by atoms with Gasteiger partial charge in [-0.15, -0.1) is 0 Å². The van der Waals surface area contributed by atoms with E-state index in [0.29, 0.717) is 24.5 Å². The molecule has 1 saturated heterocycles. The van der Waals surface area contributed by atoms with E-state index in [1.807, 2.05) is 30.3 Å².